The monoisotopic (exact) mass is 295 g/mol. The molecule has 0 saturated carbocycles. The van der Waals surface area contributed by atoms with Crippen LogP contribution >= 0.6 is 15.9 Å². The van der Waals surface area contributed by atoms with Gasteiger partial charge in [-0.15, -0.1) is 5.10 Å². The molecule has 1 aromatic heterocycles. The molecule has 1 aromatic carbocycles. The summed E-state index contributed by atoms with van der Waals surface area (Å²) in [4.78, 5) is 0. The van der Waals surface area contributed by atoms with E-state index in [0.29, 0.717) is 6.42 Å². The Morgan fingerprint density at radius 3 is 2.88 bits per heavy atom. The van der Waals surface area contributed by atoms with E-state index >= 15 is 0 Å². The van der Waals surface area contributed by atoms with Crippen molar-refractivity contribution in [1.82, 2.24) is 15.0 Å². The van der Waals surface area contributed by atoms with Gasteiger partial charge >= 0.3 is 0 Å². The summed E-state index contributed by atoms with van der Waals surface area (Å²) in [6.45, 7) is 1.99. The standard InChI is InChI=1S/C12H14BrN3O/c1-8-3-4-9(13)5-11(8)12(17)6-10-7-16(2)15-14-10/h3-5,7,12,17H,6H2,1-2H3. The Morgan fingerprint density at radius 1 is 1.47 bits per heavy atom. The summed E-state index contributed by atoms with van der Waals surface area (Å²) in [5.74, 6) is 0. The van der Waals surface area contributed by atoms with E-state index < -0.39 is 6.10 Å². The number of rotatable bonds is 3. The molecule has 2 rings (SSSR count). The molecule has 17 heavy (non-hydrogen) atoms. The maximum atomic E-state index is 10.2. The summed E-state index contributed by atoms with van der Waals surface area (Å²) in [5.41, 5.74) is 2.79. The first-order chi connectivity index (χ1) is 8.06. The van der Waals surface area contributed by atoms with E-state index in [9.17, 15) is 5.11 Å². The van der Waals surface area contributed by atoms with Crippen LogP contribution in [0, 0.1) is 6.92 Å². The minimum absolute atomic E-state index is 0.477. The number of hydrogen-bond donors (Lipinski definition) is 1. The summed E-state index contributed by atoms with van der Waals surface area (Å²) in [6, 6.07) is 5.89. The quantitative estimate of drug-likeness (QED) is 0.944. The number of benzene rings is 1. The van der Waals surface area contributed by atoms with Crippen molar-refractivity contribution in [3.63, 3.8) is 0 Å². The normalized spacial score (nSPS) is 12.7. The molecular formula is C12H14BrN3O. The molecule has 1 unspecified atom stereocenters. The zero-order valence-corrected chi connectivity index (χ0v) is 11.3. The van der Waals surface area contributed by atoms with Gasteiger partial charge in [0.25, 0.3) is 0 Å². The van der Waals surface area contributed by atoms with E-state index in [1.807, 2.05) is 38.4 Å². The number of nitrogens with zero attached hydrogens (tertiary/aromatic N) is 3. The van der Waals surface area contributed by atoms with Gasteiger partial charge in [0, 0.05) is 24.1 Å². The number of aryl methyl sites for hydroxylation is 2. The van der Waals surface area contributed by atoms with Crippen molar-refractivity contribution in [1.29, 1.82) is 0 Å². The van der Waals surface area contributed by atoms with Gasteiger partial charge in [0.1, 0.15) is 0 Å². The first-order valence-corrected chi connectivity index (χ1v) is 6.15. The Morgan fingerprint density at radius 2 is 2.24 bits per heavy atom. The zero-order chi connectivity index (χ0) is 12.4. The molecule has 2 aromatic rings. The maximum absolute atomic E-state index is 10.2. The van der Waals surface area contributed by atoms with Crippen LogP contribution in [-0.2, 0) is 13.5 Å². The second-order valence-corrected chi connectivity index (χ2v) is 5.02. The fourth-order valence-electron chi connectivity index (χ4n) is 1.77. The topological polar surface area (TPSA) is 50.9 Å². The number of aliphatic hydroxyl groups is 1. The Kier molecular flexibility index (Phi) is 3.59. The van der Waals surface area contributed by atoms with E-state index in [0.717, 1.165) is 21.3 Å². The Bertz CT molecular complexity index is 524. The van der Waals surface area contributed by atoms with Gasteiger partial charge in [-0.25, -0.2) is 0 Å². The fourth-order valence-corrected chi connectivity index (χ4v) is 2.15. The van der Waals surface area contributed by atoms with Gasteiger partial charge in [0.2, 0.25) is 0 Å². The summed E-state index contributed by atoms with van der Waals surface area (Å²) >= 11 is 3.41. The van der Waals surface area contributed by atoms with Crippen LogP contribution in [0.15, 0.2) is 28.9 Å². The lowest BCUT2D eigenvalue weighted by molar-refractivity contribution is 0.176. The summed E-state index contributed by atoms with van der Waals surface area (Å²) in [5, 5.41) is 18.0. The van der Waals surface area contributed by atoms with Crippen LogP contribution in [-0.4, -0.2) is 20.1 Å². The Hall–Kier alpha value is -1.20. The van der Waals surface area contributed by atoms with Gasteiger partial charge in [0.15, 0.2) is 0 Å². The van der Waals surface area contributed by atoms with Crippen molar-refractivity contribution in [2.45, 2.75) is 19.4 Å². The van der Waals surface area contributed by atoms with Crippen molar-refractivity contribution in [3.05, 3.63) is 45.7 Å². The fraction of sp³-hybridized carbons (Fsp3) is 0.333. The number of halogens is 1. The number of hydrogen-bond acceptors (Lipinski definition) is 3. The molecule has 0 fully saturated rings. The molecule has 0 radical (unpaired) electrons. The Balaban J connectivity index is 2.19. The molecule has 1 heterocycles. The van der Waals surface area contributed by atoms with Crippen LogP contribution in [0.4, 0.5) is 0 Å². The molecule has 1 N–H and O–H groups in total. The van der Waals surface area contributed by atoms with Crippen LogP contribution in [0.3, 0.4) is 0 Å². The molecule has 0 spiro atoms. The SMILES string of the molecule is Cc1ccc(Br)cc1C(O)Cc1cn(C)nn1. The predicted octanol–water partition coefficient (Wildman–Crippen LogP) is 2.16. The van der Waals surface area contributed by atoms with Gasteiger partial charge in [-0.1, -0.05) is 27.2 Å². The average molecular weight is 296 g/mol. The molecule has 0 aliphatic heterocycles. The number of aliphatic hydroxyl groups excluding tert-OH is 1. The lowest BCUT2D eigenvalue weighted by Crippen LogP contribution is -2.04. The van der Waals surface area contributed by atoms with Crippen LogP contribution in [0.5, 0.6) is 0 Å². The highest BCUT2D eigenvalue weighted by Gasteiger charge is 2.13. The number of aromatic nitrogens is 3. The van der Waals surface area contributed by atoms with Gasteiger partial charge in [0.05, 0.1) is 11.8 Å². The van der Waals surface area contributed by atoms with Gasteiger partial charge < -0.3 is 5.11 Å². The molecule has 0 amide bonds. The highest BCUT2D eigenvalue weighted by molar-refractivity contribution is 9.10. The molecular weight excluding hydrogens is 282 g/mol. The smallest absolute Gasteiger partial charge is 0.0856 e. The van der Waals surface area contributed by atoms with E-state index in [1.165, 1.54) is 0 Å². The third-order valence-corrected chi connectivity index (χ3v) is 3.15. The summed E-state index contributed by atoms with van der Waals surface area (Å²) < 4.78 is 2.60. The molecule has 4 nitrogen and oxygen atoms in total. The lowest BCUT2D eigenvalue weighted by Gasteiger charge is -2.12. The molecule has 0 aliphatic rings. The van der Waals surface area contributed by atoms with Gasteiger partial charge in [-0.05, 0) is 30.2 Å². The van der Waals surface area contributed by atoms with Crippen molar-refractivity contribution < 1.29 is 5.11 Å². The first-order valence-electron chi connectivity index (χ1n) is 5.35. The summed E-state index contributed by atoms with van der Waals surface area (Å²) in [6.07, 6.45) is 1.74. The zero-order valence-electron chi connectivity index (χ0n) is 9.76. The second kappa shape index (κ2) is 4.98. The van der Waals surface area contributed by atoms with E-state index in [2.05, 4.69) is 26.2 Å². The highest BCUT2D eigenvalue weighted by Crippen LogP contribution is 2.24. The van der Waals surface area contributed by atoms with Gasteiger partial charge in [-0.3, -0.25) is 4.68 Å². The molecule has 90 valence electrons. The summed E-state index contributed by atoms with van der Waals surface area (Å²) in [7, 11) is 1.81. The third kappa shape index (κ3) is 2.92. The predicted molar refractivity (Wildman–Crippen MR) is 68.5 cm³/mol. The van der Waals surface area contributed by atoms with Crippen LogP contribution in [0.2, 0.25) is 0 Å². The van der Waals surface area contributed by atoms with Crippen molar-refractivity contribution >= 4 is 15.9 Å². The maximum Gasteiger partial charge on any atom is 0.0856 e. The molecule has 0 saturated heterocycles. The van der Waals surface area contributed by atoms with Crippen LogP contribution in [0.25, 0.3) is 0 Å². The Labute approximate surface area is 108 Å². The van der Waals surface area contributed by atoms with Gasteiger partial charge in [-0.2, -0.15) is 0 Å². The molecule has 0 bridgehead atoms. The highest BCUT2D eigenvalue weighted by atomic mass is 79.9. The minimum Gasteiger partial charge on any atom is -0.388 e. The third-order valence-electron chi connectivity index (χ3n) is 2.65. The molecule has 1 atom stereocenters. The molecule has 5 heteroatoms. The van der Waals surface area contributed by atoms with E-state index in [1.54, 1.807) is 4.68 Å². The minimum atomic E-state index is -0.552. The van der Waals surface area contributed by atoms with Crippen LogP contribution < -0.4 is 0 Å². The molecule has 0 aliphatic carbocycles. The second-order valence-electron chi connectivity index (χ2n) is 4.10. The lowest BCUT2D eigenvalue weighted by atomic mass is 10.0. The van der Waals surface area contributed by atoms with Crippen molar-refractivity contribution in [3.8, 4) is 0 Å². The van der Waals surface area contributed by atoms with Crippen LogP contribution in [0.1, 0.15) is 22.9 Å². The van der Waals surface area contributed by atoms with Crippen molar-refractivity contribution in [2.24, 2.45) is 7.05 Å². The van der Waals surface area contributed by atoms with Crippen molar-refractivity contribution in [2.75, 3.05) is 0 Å². The average Bonchev–Trinajstić information content (AvgIpc) is 2.67. The first kappa shape index (κ1) is 12.3. The largest absolute Gasteiger partial charge is 0.388 e. The van der Waals surface area contributed by atoms with E-state index in [-0.39, 0.29) is 0 Å². The van der Waals surface area contributed by atoms with E-state index in [4.69, 9.17) is 0 Å².